The van der Waals surface area contributed by atoms with E-state index in [1.54, 1.807) is 11.8 Å². The number of rotatable bonds is 7. The first kappa shape index (κ1) is 18.2. The van der Waals surface area contributed by atoms with Crippen molar-refractivity contribution in [1.82, 2.24) is 4.57 Å². The van der Waals surface area contributed by atoms with Gasteiger partial charge < -0.3 is 4.74 Å². The molecule has 0 saturated heterocycles. The molecule has 0 radical (unpaired) electrons. The molecule has 0 fully saturated rings. The van der Waals surface area contributed by atoms with Gasteiger partial charge in [0.15, 0.2) is 17.8 Å². The van der Waals surface area contributed by atoms with Gasteiger partial charge >= 0.3 is 5.16 Å². The van der Waals surface area contributed by atoms with Crippen molar-refractivity contribution in [2.45, 2.75) is 42.5 Å². The second kappa shape index (κ2) is 7.77. The molecule has 0 aliphatic carbocycles. The highest BCUT2D eigenvalue weighted by molar-refractivity contribution is 7.99. The molecule has 0 unspecified atom stereocenters. The van der Waals surface area contributed by atoms with Gasteiger partial charge in [0.25, 0.3) is 0 Å². The van der Waals surface area contributed by atoms with Gasteiger partial charge in [0, 0.05) is 19.6 Å². The normalized spacial score (nSPS) is 12.0. The molecule has 0 atom stereocenters. The average Bonchev–Trinajstić information content (AvgIpc) is 2.85. The first-order valence-corrected chi connectivity index (χ1v) is 13.3. The van der Waals surface area contributed by atoms with E-state index in [1.165, 1.54) is 27.1 Å². The monoisotopic (exact) mass is 371 g/mol. The molecule has 2 aromatic carbocycles. The Balaban J connectivity index is 1.88. The molecule has 0 saturated carbocycles. The lowest BCUT2D eigenvalue weighted by molar-refractivity contribution is -0.685. The van der Waals surface area contributed by atoms with Gasteiger partial charge in [0.05, 0.1) is 7.05 Å². The number of aryl methyl sites for hydroxylation is 1. The summed E-state index contributed by atoms with van der Waals surface area (Å²) in [4.78, 5) is 1.24. The van der Waals surface area contributed by atoms with Crippen LogP contribution in [0.3, 0.4) is 0 Å². The molecule has 0 aliphatic rings. The van der Waals surface area contributed by atoms with E-state index < -0.39 is 8.07 Å². The highest BCUT2D eigenvalue weighted by Gasteiger charge is 2.24. The Labute approximate surface area is 155 Å². The Morgan fingerprint density at radius 1 is 1.00 bits per heavy atom. The molecular formula is C20H27N2OSSi+. The summed E-state index contributed by atoms with van der Waals surface area (Å²) in [6.07, 6.45) is 0. The van der Waals surface area contributed by atoms with Crippen molar-refractivity contribution in [3.63, 3.8) is 0 Å². The van der Waals surface area contributed by atoms with Crippen LogP contribution in [0.4, 0.5) is 0 Å². The lowest BCUT2D eigenvalue weighted by Gasteiger charge is -2.14. The maximum Gasteiger partial charge on any atom is 0.325 e. The molecule has 0 bridgehead atoms. The molecule has 0 aliphatic heterocycles. The van der Waals surface area contributed by atoms with Gasteiger partial charge in [-0.05, 0) is 42.1 Å². The summed E-state index contributed by atoms with van der Waals surface area (Å²) in [5.74, 6) is 0. The van der Waals surface area contributed by atoms with Gasteiger partial charge in [-0.2, -0.15) is 4.57 Å². The van der Waals surface area contributed by atoms with Crippen molar-refractivity contribution in [2.24, 2.45) is 7.05 Å². The predicted octanol–water partition coefficient (Wildman–Crippen LogP) is 4.93. The van der Waals surface area contributed by atoms with Crippen LogP contribution in [-0.2, 0) is 18.5 Å². The largest absolute Gasteiger partial charge is 0.342 e. The van der Waals surface area contributed by atoms with Crippen molar-refractivity contribution in [3.05, 3.63) is 54.6 Å². The fraction of sp³-hybridized carbons (Fsp3) is 0.350. The van der Waals surface area contributed by atoms with E-state index in [4.69, 9.17) is 4.74 Å². The number of ether oxygens (including phenoxy) is 1. The SMILES string of the molecule is C[n+]1c(Sc2ccccc2)n(COCC[Si](C)(C)C)c2ccccc21. The molecule has 0 N–H and O–H groups in total. The molecule has 1 aromatic heterocycles. The van der Waals surface area contributed by atoms with Crippen molar-refractivity contribution < 1.29 is 9.30 Å². The summed E-state index contributed by atoms with van der Waals surface area (Å²) in [5.41, 5.74) is 2.45. The van der Waals surface area contributed by atoms with E-state index in [2.05, 4.69) is 90.4 Å². The topological polar surface area (TPSA) is 18.0 Å². The number of para-hydroxylation sites is 2. The molecule has 3 aromatic rings. The molecule has 3 nitrogen and oxygen atoms in total. The van der Waals surface area contributed by atoms with E-state index in [0.717, 1.165) is 6.61 Å². The molecule has 132 valence electrons. The third-order valence-electron chi connectivity index (χ3n) is 4.22. The van der Waals surface area contributed by atoms with Crippen LogP contribution in [0.2, 0.25) is 25.7 Å². The minimum absolute atomic E-state index is 0.598. The Morgan fingerprint density at radius 3 is 2.40 bits per heavy atom. The van der Waals surface area contributed by atoms with Crippen molar-refractivity contribution in [1.29, 1.82) is 0 Å². The Kier molecular flexibility index (Phi) is 5.66. The standard InChI is InChI=1S/C20H27N2OSSi/c1-21-18-12-8-9-13-19(18)22(16-23-14-15-25(2,3)4)20(21)24-17-10-6-5-7-11-17/h5-13H,14-16H2,1-4H3/q+1. The van der Waals surface area contributed by atoms with Crippen molar-refractivity contribution >= 4 is 30.9 Å². The number of benzene rings is 2. The van der Waals surface area contributed by atoms with Gasteiger partial charge in [-0.3, -0.25) is 0 Å². The average molecular weight is 372 g/mol. The second-order valence-corrected chi connectivity index (χ2v) is 14.2. The Morgan fingerprint density at radius 2 is 1.68 bits per heavy atom. The molecule has 5 heteroatoms. The van der Waals surface area contributed by atoms with E-state index >= 15 is 0 Å². The maximum atomic E-state index is 6.07. The number of hydrogen-bond acceptors (Lipinski definition) is 2. The quantitative estimate of drug-likeness (QED) is 0.333. The van der Waals surface area contributed by atoms with E-state index in [1.807, 2.05) is 0 Å². The maximum absolute atomic E-state index is 6.07. The summed E-state index contributed by atoms with van der Waals surface area (Å²) < 4.78 is 10.6. The summed E-state index contributed by atoms with van der Waals surface area (Å²) in [6.45, 7) is 8.59. The van der Waals surface area contributed by atoms with Gasteiger partial charge in [-0.15, -0.1) is 0 Å². The van der Waals surface area contributed by atoms with Gasteiger partial charge in [0.1, 0.15) is 0 Å². The number of fused-ring (bicyclic) bond motifs is 1. The highest BCUT2D eigenvalue weighted by atomic mass is 32.2. The molecule has 0 spiro atoms. The summed E-state index contributed by atoms with van der Waals surface area (Å²) in [7, 11) is 1.07. The van der Waals surface area contributed by atoms with Crippen LogP contribution in [0.15, 0.2) is 64.6 Å². The lowest BCUT2D eigenvalue weighted by Crippen LogP contribution is -2.30. The van der Waals surface area contributed by atoms with Crippen molar-refractivity contribution in [2.75, 3.05) is 6.61 Å². The van der Waals surface area contributed by atoms with E-state index in [0.29, 0.717) is 6.73 Å². The van der Waals surface area contributed by atoms with Crippen LogP contribution < -0.4 is 4.57 Å². The molecule has 1 heterocycles. The number of imidazole rings is 1. The summed E-state index contributed by atoms with van der Waals surface area (Å²) in [5, 5.41) is 1.19. The van der Waals surface area contributed by atoms with E-state index in [9.17, 15) is 0 Å². The first-order chi connectivity index (χ1) is 12.0. The molecule has 25 heavy (non-hydrogen) atoms. The smallest absolute Gasteiger partial charge is 0.325 e. The van der Waals surface area contributed by atoms with Crippen LogP contribution in [0, 0.1) is 0 Å². The third kappa shape index (κ3) is 4.54. The van der Waals surface area contributed by atoms with Crippen LogP contribution in [0.5, 0.6) is 0 Å². The summed E-state index contributed by atoms with van der Waals surface area (Å²) >= 11 is 1.78. The van der Waals surface area contributed by atoms with Gasteiger partial charge in [-0.25, -0.2) is 4.57 Å². The first-order valence-electron chi connectivity index (χ1n) is 8.74. The fourth-order valence-electron chi connectivity index (χ4n) is 2.74. The number of aromatic nitrogens is 2. The lowest BCUT2D eigenvalue weighted by atomic mass is 10.3. The zero-order chi connectivity index (χ0) is 17.9. The molecule has 3 rings (SSSR count). The van der Waals surface area contributed by atoms with Crippen LogP contribution in [0.1, 0.15) is 0 Å². The van der Waals surface area contributed by atoms with Crippen molar-refractivity contribution in [3.8, 4) is 0 Å². The van der Waals surface area contributed by atoms with Crippen LogP contribution >= 0.6 is 11.8 Å². The van der Waals surface area contributed by atoms with E-state index in [-0.39, 0.29) is 0 Å². The third-order valence-corrected chi connectivity index (χ3v) is 7.11. The van der Waals surface area contributed by atoms with Gasteiger partial charge in [0.2, 0.25) is 0 Å². The van der Waals surface area contributed by atoms with Crippen LogP contribution in [-0.4, -0.2) is 19.2 Å². The van der Waals surface area contributed by atoms with Gasteiger partial charge in [-0.1, -0.05) is 50.0 Å². The molecule has 0 amide bonds. The minimum Gasteiger partial charge on any atom is -0.342 e. The predicted molar refractivity (Wildman–Crippen MR) is 108 cm³/mol. The number of nitrogens with zero attached hydrogens (tertiary/aromatic N) is 2. The number of hydrogen-bond donors (Lipinski definition) is 0. The Hall–Kier alpha value is -1.56. The zero-order valence-corrected chi connectivity index (χ0v) is 17.3. The minimum atomic E-state index is -1.06. The summed E-state index contributed by atoms with van der Waals surface area (Å²) in [6, 6.07) is 20.2. The zero-order valence-electron chi connectivity index (χ0n) is 15.5. The second-order valence-electron chi connectivity index (χ2n) is 7.52. The Bertz CT molecular complexity index is 840. The molecular weight excluding hydrogens is 344 g/mol. The highest BCUT2D eigenvalue weighted by Crippen LogP contribution is 2.28. The fourth-order valence-corrected chi connectivity index (χ4v) is 4.50. The van der Waals surface area contributed by atoms with Crippen LogP contribution in [0.25, 0.3) is 11.0 Å².